The summed E-state index contributed by atoms with van der Waals surface area (Å²) >= 11 is 0. The molecule has 0 radical (unpaired) electrons. The highest BCUT2D eigenvalue weighted by Crippen LogP contribution is 2.15. The van der Waals surface area contributed by atoms with Gasteiger partial charge < -0.3 is 15.2 Å². The molecule has 0 saturated carbocycles. The zero-order chi connectivity index (χ0) is 15.1. The second-order valence-electron chi connectivity index (χ2n) is 5.61. The summed E-state index contributed by atoms with van der Waals surface area (Å²) in [5, 5.41) is 11.7. The Morgan fingerprint density at radius 2 is 2.00 bits per heavy atom. The molecule has 110 valence electrons. The lowest BCUT2D eigenvalue weighted by molar-refractivity contribution is -0.157. The van der Waals surface area contributed by atoms with E-state index in [2.05, 4.69) is 11.9 Å². The first-order valence-electron chi connectivity index (χ1n) is 6.44. The van der Waals surface area contributed by atoms with E-state index in [0.717, 1.165) is 0 Å². The Bertz CT molecular complexity index is 318. The molecule has 0 bridgehead atoms. The molecule has 0 aliphatic heterocycles. The second-order valence-corrected chi connectivity index (χ2v) is 5.61. The van der Waals surface area contributed by atoms with E-state index in [9.17, 15) is 9.59 Å². The van der Waals surface area contributed by atoms with Crippen molar-refractivity contribution >= 4 is 11.9 Å². The summed E-state index contributed by atoms with van der Waals surface area (Å²) < 4.78 is 5.19. The van der Waals surface area contributed by atoms with Crippen LogP contribution in [-0.2, 0) is 14.3 Å². The molecule has 0 rings (SSSR count). The first-order valence-corrected chi connectivity index (χ1v) is 6.44. The lowest BCUT2D eigenvalue weighted by Gasteiger charge is -2.21. The van der Waals surface area contributed by atoms with Gasteiger partial charge in [-0.2, -0.15) is 0 Å². The van der Waals surface area contributed by atoms with Crippen molar-refractivity contribution in [1.29, 1.82) is 0 Å². The van der Waals surface area contributed by atoms with Crippen LogP contribution < -0.4 is 5.32 Å². The van der Waals surface area contributed by atoms with E-state index in [4.69, 9.17) is 9.84 Å². The fourth-order valence-electron chi connectivity index (χ4n) is 1.46. The molecule has 0 aliphatic carbocycles. The number of hydrogen-bond acceptors (Lipinski definition) is 4. The van der Waals surface area contributed by atoms with Gasteiger partial charge in [0.05, 0.1) is 18.4 Å². The number of aliphatic hydroxyl groups excluding tert-OH is 1. The highest BCUT2D eigenvalue weighted by Gasteiger charge is 2.24. The fourth-order valence-corrected chi connectivity index (χ4v) is 1.46. The van der Waals surface area contributed by atoms with Gasteiger partial charge in [0.1, 0.15) is 5.60 Å². The Hall–Kier alpha value is -1.36. The van der Waals surface area contributed by atoms with Crippen LogP contribution in [0.25, 0.3) is 0 Å². The van der Waals surface area contributed by atoms with Crippen LogP contribution in [0, 0.1) is 5.92 Å². The summed E-state index contributed by atoms with van der Waals surface area (Å²) in [6.45, 7) is 10.7. The summed E-state index contributed by atoms with van der Waals surface area (Å²) in [5.41, 5.74) is -0.564. The second kappa shape index (κ2) is 7.94. The minimum atomic E-state index is -0.616. The van der Waals surface area contributed by atoms with Gasteiger partial charge in [-0.1, -0.05) is 6.08 Å². The Balaban J connectivity index is 4.43. The summed E-state index contributed by atoms with van der Waals surface area (Å²) in [4.78, 5) is 23.6. The first-order chi connectivity index (χ1) is 8.65. The molecule has 2 atom stereocenters. The van der Waals surface area contributed by atoms with Crippen LogP contribution in [0.2, 0.25) is 0 Å². The highest BCUT2D eigenvalue weighted by molar-refractivity contribution is 5.84. The van der Waals surface area contributed by atoms with Crippen LogP contribution in [0.1, 0.15) is 40.5 Å². The maximum atomic E-state index is 11.9. The molecule has 0 fully saturated rings. The fraction of sp³-hybridized carbons (Fsp3) is 0.714. The summed E-state index contributed by atoms with van der Waals surface area (Å²) in [5.74, 6) is -1.19. The smallest absolute Gasteiger partial charge is 0.307 e. The largest absolute Gasteiger partial charge is 0.460 e. The van der Waals surface area contributed by atoms with E-state index in [0.29, 0.717) is 6.42 Å². The molecule has 0 spiro atoms. The van der Waals surface area contributed by atoms with Crippen LogP contribution in [-0.4, -0.2) is 35.2 Å². The van der Waals surface area contributed by atoms with Gasteiger partial charge in [0.25, 0.3) is 0 Å². The standard InChI is InChI=1S/C14H25NO4/c1-6-7-11(13(18)15-9-10(2)16)8-12(17)19-14(3,4)5/h6,10-11,16H,1,7-9H2,2-5H3,(H,15,18)/t10-,11+/m1/s1. The van der Waals surface area contributed by atoms with Gasteiger partial charge in [-0.3, -0.25) is 9.59 Å². The minimum Gasteiger partial charge on any atom is -0.460 e. The summed E-state index contributed by atoms with van der Waals surface area (Å²) in [6, 6.07) is 0. The average Bonchev–Trinajstić information content (AvgIpc) is 2.22. The van der Waals surface area contributed by atoms with E-state index in [-0.39, 0.29) is 18.9 Å². The van der Waals surface area contributed by atoms with Gasteiger partial charge in [-0.05, 0) is 34.1 Å². The Kier molecular flexibility index (Phi) is 7.37. The molecule has 0 aromatic rings. The molecule has 0 heterocycles. The number of carbonyl (C=O) groups excluding carboxylic acids is 2. The Labute approximate surface area is 115 Å². The number of ether oxygens (including phenoxy) is 1. The van der Waals surface area contributed by atoms with Crippen molar-refractivity contribution in [3.8, 4) is 0 Å². The molecule has 0 aliphatic rings. The van der Waals surface area contributed by atoms with Gasteiger partial charge in [0.15, 0.2) is 0 Å². The van der Waals surface area contributed by atoms with Gasteiger partial charge in [-0.15, -0.1) is 6.58 Å². The number of allylic oxidation sites excluding steroid dienone is 1. The minimum absolute atomic E-state index is 0.00886. The quantitative estimate of drug-likeness (QED) is 0.542. The normalized spacial score (nSPS) is 14.4. The van der Waals surface area contributed by atoms with E-state index in [1.165, 1.54) is 0 Å². The third-order valence-corrected chi connectivity index (χ3v) is 2.23. The van der Waals surface area contributed by atoms with Gasteiger partial charge >= 0.3 is 5.97 Å². The first kappa shape index (κ1) is 17.6. The van der Waals surface area contributed by atoms with Gasteiger partial charge in [-0.25, -0.2) is 0 Å². The van der Waals surface area contributed by atoms with Crippen molar-refractivity contribution in [1.82, 2.24) is 5.32 Å². The molecule has 1 amide bonds. The molecular formula is C14H25NO4. The number of rotatable bonds is 7. The van der Waals surface area contributed by atoms with Crippen LogP contribution in [0.4, 0.5) is 0 Å². The molecular weight excluding hydrogens is 246 g/mol. The number of carbonyl (C=O) groups is 2. The molecule has 5 nitrogen and oxygen atoms in total. The Morgan fingerprint density at radius 1 is 1.42 bits per heavy atom. The Morgan fingerprint density at radius 3 is 2.42 bits per heavy atom. The summed E-state index contributed by atoms with van der Waals surface area (Å²) in [6.07, 6.45) is 1.38. The zero-order valence-corrected chi connectivity index (χ0v) is 12.2. The van der Waals surface area contributed by atoms with Crippen LogP contribution >= 0.6 is 0 Å². The number of amides is 1. The molecule has 5 heteroatoms. The third kappa shape index (κ3) is 9.25. The van der Waals surface area contributed by atoms with E-state index < -0.39 is 23.6 Å². The number of nitrogens with one attached hydrogen (secondary N) is 1. The predicted molar refractivity (Wildman–Crippen MR) is 73.5 cm³/mol. The maximum Gasteiger partial charge on any atom is 0.307 e. The van der Waals surface area contributed by atoms with Crippen LogP contribution in [0.3, 0.4) is 0 Å². The molecule has 0 aromatic heterocycles. The lowest BCUT2D eigenvalue weighted by Crippen LogP contribution is -2.37. The van der Waals surface area contributed by atoms with Crippen molar-refractivity contribution in [3.63, 3.8) is 0 Å². The van der Waals surface area contributed by atoms with E-state index in [1.807, 2.05) is 0 Å². The van der Waals surface area contributed by atoms with Crippen molar-refractivity contribution in [2.45, 2.75) is 52.2 Å². The van der Waals surface area contributed by atoms with Crippen molar-refractivity contribution in [3.05, 3.63) is 12.7 Å². The maximum absolute atomic E-state index is 11.9. The number of hydrogen-bond donors (Lipinski definition) is 2. The third-order valence-electron chi connectivity index (χ3n) is 2.23. The van der Waals surface area contributed by atoms with Crippen LogP contribution in [0.5, 0.6) is 0 Å². The van der Waals surface area contributed by atoms with E-state index >= 15 is 0 Å². The van der Waals surface area contributed by atoms with E-state index in [1.54, 1.807) is 33.8 Å². The topological polar surface area (TPSA) is 75.6 Å². The van der Waals surface area contributed by atoms with Gasteiger partial charge in [0.2, 0.25) is 5.91 Å². The molecule has 0 unspecified atom stereocenters. The predicted octanol–water partition coefficient (Wildman–Crippen LogP) is 1.41. The SMILES string of the molecule is C=CC[C@@H](CC(=O)OC(C)(C)C)C(=O)NC[C@@H](C)O. The zero-order valence-electron chi connectivity index (χ0n) is 12.2. The highest BCUT2D eigenvalue weighted by atomic mass is 16.6. The monoisotopic (exact) mass is 271 g/mol. The summed E-state index contributed by atoms with van der Waals surface area (Å²) in [7, 11) is 0. The van der Waals surface area contributed by atoms with Crippen LogP contribution in [0.15, 0.2) is 12.7 Å². The number of esters is 1. The molecule has 0 aromatic carbocycles. The van der Waals surface area contributed by atoms with Crippen molar-refractivity contribution < 1.29 is 19.4 Å². The van der Waals surface area contributed by atoms with Gasteiger partial charge in [0, 0.05) is 6.54 Å². The molecule has 0 saturated heterocycles. The average molecular weight is 271 g/mol. The molecule has 19 heavy (non-hydrogen) atoms. The molecule has 2 N–H and O–H groups in total. The number of aliphatic hydroxyl groups is 1. The van der Waals surface area contributed by atoms with Crippen molar-refractivity contribution in [2.24, 2.45) is 5.92 Å². The lowest BCUT2D eigenvalue weighted by atomic mass is 10.00. The van der Waals surface area contributed by atoms with Crippen molar-refractivity contribution in [2.75, 3.05) is 6.54 Å².